The predicted octanol–water partition coefficient (Wildman–Crippen LogP) is 14.8. The van der Waals surface area contributed by atoms with Crippen LogP contribution in [0, 0.1) is 0 Å². The zero-order valence-corrected chi connectivity index (χ0v) is 31.1. The summed E-state index contributed by atoms with van der Waals surface area (Å²) in [5, 5.41) is 5.06. The minimum absolute atomic E-state index is 0.589. The summed E-state index contributed by atoms with van der Waals surface area (Å²) < 4.78 is 9.28. The molecule has 3 heteroatoms. The molecule has 0 unspecified atom stereocenters. The van der Waals surface area contributed by atoms with Crippen LogP contribution in [0.5, 0.6) is 11.5 Å². The van der Waals surface area contributed by atoms with E-state index in [4.69, 9.17) is 4.74 Å². The second-order valence-corrected chi connectivity index (χ2v) is 15.9. The molecule has 262 valence electrons. The first-order valence-electron chi connectivity index (χ1n) is 19.2. The molecule has 12 rings (SSSR count). The summed E-state index contributed by atoms with van der Waals surface area (Å²) in [5.41, 5.74) is 12.6. The first kappa shape index (κ1) is 31.4. The van der Waals surface area contributed by atoms with E-state index < -0.39 is 5.41 Å². The number of rotatable bonds is 4. The number of hydrogen-bond donors (Lipinski definition) is 0. The van der Waals surface area contributed by atoms with Crippen molar-refractivity contribution in [3.05, 3.63) is 222 Å². The molecule has 2 aliphatic rings. The van der Waals surface area contributed by atoms with Crippen molar-refractivity contribution in [3.63, 3.8) is 0 Å². The number of thiophene rings is 1. The molecule has 0 atom stereocenters. The van der Waals surface area contributed by atoms with Gasteiger partial charge in [0.15, 0.2) is 0 Å². The van der Waals surface area contributed by atoms with E-state index in [2.05, 4.69) is 205 Å². The molecule has 9 aromatic carbocycles. The molecule has 1 aliphatic heterocycles. The molecule has 0 bridgehead atoms. The topological polar surface area (TPSA) is 12.5 Å². The van der Waals surface area contributed by atoms with Crippen molar-refractivity contribution < 1.29 is 4.74 Å². The molecule has 56 heavy (non-hydrogen) atoms. The summed E-state index contributed by atoms with van der Waals surface area (Å²) in [6, 6.07) is 73.2. The standard InChI is InChI=1S/C53H33NOS/c1-2-13-34(14-3-1)35-25-28-37(29-26-35)54(38-30-31-41-40-17-6-11-24-49(40)56-50(41)33-38)46-21-12-20-44-52(46)51-39-16-5-4-15-36(39)27-32-45(51)53(44)42-18-7-9-22-47(42)55-48-23-10-8-19-43(48)53/h1-33H. The Morgan fingerprint density at radius 2 is 1.00 bits per heavy atom. The highest BCUT2D eigenvalue weighted by atomic mass is 32.1. The van der Waals surface area contributed by atoms with Gasteiger partial charge in [0, 0.05) is 48.2 Å². The summed E-state index contributed by atoms with van der Waals surface area (Å²) in [6.07, 6.45) is 0. The van der Waals surface area contributed by atoms with E-state index in [0.717, 1.165) is 39.7 Å². The summed E-state index contributed by atoms with van der Waals surface area (Å²) in [6.45, 7) is 0. The maximum Gasteiger partial charge on any atom is 0.132 e. The third-order valence-corrected chi connectivity index (χ3v) is 13.1. The fraction of sp³-hybridized carbons (Fsp3) is 0.0189. The molecule has 2 nitrogen and oxygen atoms in total. The van der Waals surface area contributed by atoms with Gasteiger partial charge >= 0.3 is 0 Å². The zero-order chi connectivity index (χ0) is 36.8. The van der Waals surface area contributed by atoms with Crippen LogP contribution >= 0.6 is 11.3 Å². The van der Waals surface area contributed by atoms with Crippen molar-refractivity contribution in [2.24, 2.45) is 0 Å². The number of ether oxygens (including phenoxy) is 1. The van der Waals surface area contributed by atoms with Crippen molar-refractivity contribution in [1.29, 1.82) is 0 Å². The van der Waals surface area contributed by atoms with Crippen LogP contribution in [-0.4, -0.2) is 0 Å². The lowest BCUT2D eigenvalue weighted by Crippen LogP contribution is -2.32. The predicted molar refractivity (Wildman–Crippen MR) is 234 cm³/mol. The average Bonchev–Trinajstić information content (AvgIpc) is 3.78. The Labute approximate surface area is 329 Å². The molecule has 1 aromatic heterocycles. The Balaban J connectivity index is 1.19. The molecule has 0 N–H and O–H groups in total. The molecule has 0 radical (unpaired) electrons. The number of fused-ring (bicyclic) bond motifs is 14. The van der Waals surface area contributed by atoms with Crippen LogP contribution in [0.25, 0.3) is 53.2 Å². The third-order valence-electron chi connectivity index (χ3n) is 11.9. The van der Waals surface area contributed by atoms with Gasteiger partial charge in [0.05, 0.1) is 11.1 Å². The van der Waals surface area contributed by atoms with Gasteiger partial charge < -0.3 is 9.64 Å². The maximum atomic E-state index is 6.70. The fourth-order valence-electron chi connectivity index (χ4n) is 9.59. The molecule has 1 aliphatic carbocycles. The molecular weight excluding hydrogens is 699 g/mol. The molecule has 2 heterocycles. The Morgan fingerprint density at radius 1 is 0.393 bits per heavy atom. The van der Waals surface area contributed by atoms with Crippen LogP contribution in [-0.2, 0) is 5.41 Å². The van der Waals surface area contributed by atoms with Gasteiger partial charge in [0.2, 0.25) is 0 Å². The second-order valence-electron chi connectivity index (χ2n) is 14.8. The van der Waals surface area contributed by atoms with E-state index in [1.54, 1.807) is 0 Å². The lowest BCUT2D eigenvalue weighted by atomic mass is 9.66. The summed E-state index contributed by atoms with van der Waals surface area (Å²) in [7, 11) is 0. The van der Waals surface area contributed by atoms with Crippen molar-refractivity contribution in [2.45, 2.75) is 5.41 Å². The van der Waals surface area contributed by atoms with E-state index in [9.17, 15) is 0 Å². The molecule has 0 saturated carbocycles. The SMILES string of the molecule is c1ccc(-c2ccc(N(c3ccc4c(c3)sc3ccccc34)c3cccc4c3-c3c(ccc5ccccc35)C43c4ccccc4Oc4ccccc43)cc2)cc1. The highest BCUT2D eigenvalue weighted by Gasteiger charge is 2.52. The molecule has 0 fully saturated rings. The third kappa shape index (κ3) is 4.38. The Morgan fingerprint density at radius 3 is 1.80 bits per heavy atom. The van der Waals surface area contributed by atoms with Crippen molar-refractivity contribution in [1.82, 2.24) is 0 Å². The molecule has 0 amide bonds. The number of benzene rings is 9. The van der Waals surface area contributed by atoms with Crippen LogP contribution in [0.3, 0.4) is 0 Å². The lowest BCUT2D eigenvalue weighted by Gasteiger charge is -2.39. The fourth-order valence-corrected chi connectivity index (χ4v) is 10.7. The van der Waals surface area contributed by atoms with Crippen LogP contribution < -0.4 is 9.64 Å². The Kier molecular flexibility index (Phi) is 6.75. The largest absolute Gasteiger partial charge is 0.457 e. The smallest absolute Gasteiger partial charge is 0.132 e. The molecule has 0 saturated heterocycles. The zero-order valence-electron chi connectivity index (χ0n) is 30.3. The van der Waals surface area contributed by atoms with Gasteiger partial charge in [-0.25, -0.2) is 0 Å². The van der Waals surface area contributed by atoms with Gasteiger partial charge in [0.25, 0.3) is 0 Å². The molecule has 1 spiro atoms. The van der Waals surface area contributed by atoms with Gasteiger partial charge in [-0.05, 0) is 87.1 Å². The number of para-hydroxylation sites is 2. The van der Waals surface area contributed by atoms with Crippen LogP contribution in [0.4, 0.5) is 17.1 Å². The van der Waals surface area contributed by atoms with Crippen molar-refractivity contribution >= 4 is 59.3 Å². The highest BCUT2D eigenvalue weighted by molar-refractivity contribution is 7.25. The summed E-state index contributed by atoms with van der Waals surface area (Å²) in [5.74, 6) is 1.79. The average molecular weight is 732 g/mol. The van der Waals surface area contributed by atoms with Gasteiger partial charge in [0.1, 0.15) is 11.5 Å². The van der Waals surface area contributed by atoms with E-state index in [-0.39, 0.29) is 0 Å². The minimum Gasteiger partial charge on any atom is -0.457 e. The first-order valence-corrected chi connectivity index (χ1v) is 20.0. The van der Waals surface area contributed by atoms with Crippen molar-refractivity contribution in [2.75, 3.05) is 4.90 Å². The Bertz CT molecular complexity index is 3130. The van der Waals surface area contributed by atoms with Crippen LogP contribution in [0.2, 0.25) is 0 Å². The lowest BCUT2D eigenvalue weighted by molar-refractivity contribution is 0.436. The van der Waals surface area contributed by atoms with Gasteiger partial charge in [-0.1, -0.05) is 152 Å². The van der Waals surface area contributed by atoms with E-state index in [1.165, 1.54) is 64.3 Å². The van der Waals surface area contributed by atoms with E-state index in [0.29, 0.717) is 0 Å². The van der Waals surface area contributed by atoms with E-state index >= 15 is 0 Å². The van der Waals surface area contributed by atoms with E-state index in [1.807, 2.05) is 11.3 Å². The summed E-state index contributed by atoms with van der Waals surface area (Å²) in [4.78, 5) is 2.49. The Hall–Kier alpha value is -6.94. The van der Waals surface area contributed by atoms with Crippen molar-refractivity contribution in [3.8, 4) is 33.8 Å². The number of hydrogen-bond acceptors (Lipinski definition) is 3. The van der Waals surface area contributed by atoms with Crippen LogP contribution in [0.15, 0.2) is 200 Å². The van der Waals surface area contributed by atoms with Gasteiger partial charge in [-0.2, -0.15) is 0 Å². The highest BCUT2D eigenvalue weighted by Crippen LogP contribution is 2.65. The van der Waals surface area contributed by atoms with Gasteiger partial charge in [-0.3, -0.25) is 0 Å². The number of nitrogens with zero attached hydrogens (tertiary/aromatic N) is 1. The second kappa shape index (κ2) is 12.0. The molecule has 10 aromatic rings. The number of anilines is 3. The molecular formula is C53H33NOS. The first-order chi connectivity index (χ1) is 27.8. The van der Waals surface area contributed by atoms with Crippen LogP contribution in [0.1, 0.15) is 22.3 Å². The minimum atomic E-state index is -0.589. The quantitative estimate of drug-likeness (QED) is 0.179. The summed E-state index contributed by atoms with van der Waals surface area (Å²) >= 11 is 1.86. The monoisotopic (exact) mass is 731 g/mol. The normalized spacial score (nSPS) is 13.3. The van der Waals surface area contributed by atoms with Gasteiger partial charge in [-0.15, -0.1) is 11.3 Å². The maximum absolute atomic E-state index is 6.70.